The first-order valence-corrected chi connectivity index (χ1v) is 7.83. The minimum Gasteiger partial charge on any atom is -0.325 e. The molecule has 2 amide bonds. The van der Waals surface area contributed by atoms with Crippen LogP contribution < -0.4 is 10.6 Å². The van der Waals surface area contributed by atoms with Crippen molar-refractivity contribution in [3.05, 3.63) is 59.2 Å². The summed E-state index contributed by atoms with van der Waals surface area (Å²) in [5.74, 6) is -0.123. The summed E-state index contributed by atoms with van der Waals surface area (Å²) in [5.41, 5.74) is 4.09. The summed E-state index contributed by atoms with van der Waals surface area (Å²) in [6.07, 6.45) is 1.87. The van der Waals surface area contributed by atoms with Crippen molar-refractivity contribution in [1.29, 1.82) is 0 Å². The molecular formula is C19H20N2O2. The first kappa shape index (κ1) is 15.3. The number of nitrogens with one attached hydrogen (secondary N) is 2. The highest BCUT2D eigenvalue weighted by Crippen LogP contribution is 2.30. The third kappa shape index (κ3) is 3.59. The summed E-state index contributed by atoms with van der Waals surface area (Å²) in [7, 11) is 0. The van der Waals surface area contributed by atoms with Gasteiger partial charge in [0, 0.05) is 11.6 Å². The number of carbonyl (C=O) groups excluding carboxylic acids is 2. The summed E-state index contributed by atoms with van der Waals surface area (Å²) >= 11 is 0. The SMILES string of the molecule is Cc1ccc(NC(=O)c2ccccc2NC(=O)C2CC2)cc1C. The molecule has 4 nitrogen and oxygen atoms in total. The number of hydrogen-bond acceptors (Lipinski definition) is 2. The molecule has 3 rings (SSSR count). The Labute approximate surface area is 135 Å². The largest absolute Gasteiger partial charge is 0.325 e. The maximum Gasteiger partial charge on any atom is 0.257 e. The lowest BCUT2D eigenvalue weighted by molar-refractivity contribution is -0.117. The summed E-state index contributed by atoms with van der Waals surface area (Å²) < 4.78 is 0. The lowest BCUT2D eigenvalue weighted by Gasteiger charge is -2.12. The molecular weight excluding hydrogens is 288 g/mol. The van der Waals surface area contributed by atoms with Crippen molar-refractivity contribution in [3.63, 3.8) is 0 Å². The highest BCUT2D eigenvalue weighted by Gasteiger charge is 2.30. The van der Waals surface area contributed by atoms with Gasteiger partial charge in [-0.15, -0.1) is 0 Å². The number of benzene rings is 2. The van der Waals surface area contributed by atoms with Crippen molar-refractivity contribution in [3.8, 4) is 0 Å². The predicted octanol–water partition coefficient (Wildman–Crippen LogP) is 3.90. The molecule has 0 unspecified atom stereocenters. The Hall–Kier alpha value is -2.62. The Morgan fingerprint density at radius 2 is 1.70 bits per heavy atom. The van der Waals surface area contributed by atoms with Crippen LogP contribution in [0.15, 0.2) is 42.5 Å². The Bertz CT molecular complexity index is 764. The molecule has 0 spiro atoms. The second-order valence-electron chi connectivity index (χ2n) is 6.06. The molecule has 0 radical (unpaired) electrons. The Morgan fingerprint density at radius 3 is 2.39 bits per heavy atom. The van der Waals surface area contributed by atoms with Crippen LogP contribution in [0.2, 0.25) is 0 Å². The van der Waals surface area contributed by atoms with Crippen LogP contribution >= 0.6 is 0 Å². The monoisotopic (exact) mass is 308 g/mol. The van der Waals surface area contributed by atoms with Gasteiger partial charge in [0.2, 0.25) is 5.91 Å². The lowest BCUT2D eigenvalue weighted by atomic mass is 10.1. The molecule has 0 aromatic heterocycles. The van der Waals surface area contributed by atoms with E-state index in [9.17, 15) is 9.59 Å². The molecule has 1 aliphatic carbocycles. The average Bonchev–Trinajstić information content (AvgIpc) is 3.36. The van der Waals surface area contributed by atoms with Gasteiger partial charge >= 0.3 is 0 Å². The molecule has 1 aliphatic rings. The van der Waals surface area contributed by atoms with E-state index >= 15 is 0 Å². The van der Waals surface area contributed by atoms with Crippen LogP contribution in [0.3, 0.4) is 0 Å². The third-order valence-electron chi connectivity index (χ3n) is 4.14. The fraction of sp³-hybridized carbons (Fsp3) is 0.263. The normalized spacial score (nSPS) is 13.5. The van der Waals surface area contributed by atoms with Crippen LogP contribution in [-0.2, 0) is 4.79 Å². The van der Waals surface area contributed by atoms with E-state index in [0.29, 0.717) is 11.3 Å². The number of para-hydroxylation sites is 1. The van der Waals surface area contributed by atoms with Crippen molar-refractivity contribution in [2.45, 2.75) is 26.7 Å². The van der Waals surface area contributed by atoms with Gasteiger partial charge < -0.3 is 10.6 Å². The Morgan fingerprint density at radius 1 is 0.957 bits per heavy atom. The van der Waals surface area contributed by atoms with Gasteiger partial charge in [0.15, 0.2) is 0 Å². The molecule has 0 atom stereocenters. The zero-order valence-electron chi connectivity index (χ0n) is 13.3. The standard InChI is InChI=1S/C19H20N2O2/c1-12-7-10-15(11-13(12)2)20-19(23)16-5-3-4-6-17(16)21-18(22)14-8-9-14/h3-7,10-11,14H,8-9H2,1-2H3,(H,20,23)(H,21,22). The van der Waals surface area contributed by atoms with Crippen molar-refractivity contribution in [1.82, 2.24) is 0 Å². The second kappa shape index (κ2) is 6.24. The summed E-state index contributed by atoms with van der Waals surface area (Å²) in [6.45, 7) is 4.04. The maximum absolute atomic E-state index is 12.5. The molecule has 0 aliphatic heterocycles. The first-order chi connectivity index (χ1) is 11.0. The summed E-state index contributed by atoms with van der Waals surface area (Å²) in [6, 6.07) is 12.9. The van der Waals surface area contributed by atoms with Gasteiger partial charge in [0.1, 0.15) is 0 Å². The number of amides is 2. The summed E-state index contributed by atoms with van der Waals surface area (Å²) in [4.78, 5) is 24.5. The molecule has 0 heterocycles. The van der Waals surface area contributed by atoms with E-state index in [0.717, 1.165) is 24.1 Å². The predicted molar refractivity (Wildman–Crippen MR) is 91.7 cm³/mol. The number of aryl methyl sites for hydroxylation is 2. The third-order valence-corrected chi connectivity index (χ3v) is 4.14. The minimum atomic E-state index is -0.222. The van der Waals surface area contributed by atoms with E-state index < -0.39 is 0 Å². The zero-order chi connectivity index (χ0) is 16.4. The van der Waals surface area contributed by atoms with E-state index in [-0.39, 0.29) is 17.7 Å². The van der Waals surface area contributed by atoms with Gasteiger partial charge in [-0.3, -0.25) is 9.59 Å². The molecule has 1 fully saturated rings. The Kier molecular flexibility index (Phi) is 4.15. The number of anilines is 2. The summed E-state index contributed by atoms with van der Waals surface area (Å²) in [5, 5.41) is 5.75. The van der Waals surface area contributed by atoms with E-state index in [2.05, 4.69) is 10.6 Å². The molecule has 2 N–H and O–H groups in total. The van der Waals surface area contributed by atoms with Crippen molar-refractivity contribution in [2.24, 2.45) is 5.92 Å². The first-order valence-electron chi connectivity index (χ1n) is 7.83. The van der Waals surface area contributed by atoms with Crippen LogP contribution in [-0.4, -0.2) is 11.8 Å². The van der Waals surface area contributed by atoms with Crippen LogP contribution in [0.4, 0.5) is 11.4 Å². The second-order valence-corrected chi connectivity index (χ2v) is 6.06. The highest BCUT2D eigenvalue weighted by atomic mass is 16.2. The fourth-order valence-corrected chi connectivity index (χ4v) is 2.39. The molecule has 2 aromatic rings. The smallest absolute Gasteiger partial charge is 0.257 e. The van der Waals surface area contributed by atoms with Gasteiger partial charge in [-0.2, -0.15) is 0 Å². The van der Waals surface area contributed by atoms with Gasteiger partial charge in [0.05, 0.1) is 11.3 Å². The molecule has 23 heavy (non-hydrogen) atoms. The zero-order valence-corrected chi connectivity index (χ0v) is 13.3. The molecule has 0 bridgehead atoms. The quantitative estimate of drug-likeness (QED) is 0.900. The van der Waals surface area contributed by atoms with Crippen LogP contribution in [0.1, 0.15) is 34.3 Å². The van der Waals surface area contributed by atoms with Crippen molar-refractivity contribution < 1.29 is 9.59 Å². The molecule has 2 aromatic carbocycles. The van der Waals surface area contributed by atoms with Gasteiger partial charge in [-0.25, -0.2) is 0 Å². The van der Waals surface area contributed by atoms with Crippen molar-refractivity contribution >= 4 is 23.2 Å². The molecule has 118 valence electrons. The fourth-order valence-electron chi connectivity index (χ4n) is 2.39. The average molecular weight is 308 g/mol. The number of rotatable bonds is 4. The molecule has 0 saturated heterocycles. The van der Waals surface area contributed by atoms with Crippen LogP contribution in [0.25, 0.3) is 0 Å². The Balaban J connectivity index is 1.78. The van der Waals surface area contributed by atoms with Gasteiger partial charge in [-0.05, 0) is 62.1 Å². The maximum atomic E-state index is 12.5. The topological polar surface area (TPSA) is 58.2 Å². The van der Waals surface area contributed by atoms with Crippen LogP contribution in [0.5, 0.6) is 0 Å². The van der Waals surface area contributed by atoms with Gasteiger partial charge in [-0.1, -0.05) is 18.2 Å². The van der Waals surface area contributed by atoms with E-state index in [1.807, 2.05) is 38.1 Å². The lowest BCUT2D eigenvalue weighted by Crippen LogP contribution is -2.19. The number of carbonyl (C=O) groups is 2. The minimum absolute atomic E-state index is 0.00331. The van der Waals surface area contributed by atoms with Gasteiger partial charge in [0.25, 0.3) is 5.91 Å². The van der Waals surface area contributed by atoms with Crippen LogP contribution in [0, 0.1) is 19.8 Å². The van der Waals surface area contributed by atoms with E-state index in [1.165, 1.54) is 5.56 Å². The molecule has 1 saturated carbocycles. The highest BCUT2D eigenvalue weighted by molar-refractivity contribution is 6.10. The number of hydrogen-bond donors (Lipinski definition) is 2. The van der Waals surface area contributed by atoms with E-state index in [4.69, 9.17) is 0 Å². The van der Waals surface area contributed by atoms with Crippen molar-refractivity contribution in [2.75, 3.05) is 10.6 Å². The van der Waals surface area contributed by atoms with E-state index in [1.54, 1.807) is 18.2 Å². The molecule has 4 heteroatoms.